The van der Waals surface area contributed by atoms with E-state index in [9.17, 15) is 8.78 Å². The quantitative estimate of drug-likeness (QED) is 0.673. The van der Waals surface area contributed by atoms with Gasteiger partial charge in [-0.15, -0.1) is 0 Å². The van der Waals surface area contributed by atoms with Crippen LogP contribution in [-0.2, 0) is 0 Å². The van der Waals surface area contributed by atoms with Crippen LogP contribution in [0, 0.1) is 39.3 Å². The van der Waals surface area contributed by atoms with Crippen molar-refractivity contribution in [3.63, 3.8) is 0 Å². The fourth-order valence-electron chi connectivity index (χ4n) is 2.18. The summed E-state index contributed by atoms with van der Waals surface area (Å²) in [5.41, 5.74) is 5.99. The van der Waals surface area contributed by atoms with Crippen LogP contribution in [0.3, 0.4) is 0 Å². The highest BCUT2D eigenvalue weighted by Gasteiger charge is 2.12. The second kappa shape index (κ2) is 4.52. The van der Waals surface area contributed by atoms with Gasteiger partial charge in [0.25, 0.3) is 0 Å². The molecule has 2 aromatic carbocycles. The minimum absolute atomic E-state index is 0.750. The van der Waals surface area contributed by atoms with Gasteiger partial charge in [-0.2, -0.15) is 0 Å². The van der Waals surface area contributed by atoms with Crippen molar-refractivity contribution in [3.05, 3.63) is 58.2 Å². The zero-order valence-corrected chi connectivity index (χ0v) is 11.1. The normalized spacial score (nSPS) is 10.8. The smallest absolute Gasteiger partial charge is 0.159 e. The van der Waals surface area contributed by atoms with E-state index in [0.717, 1.165) is 22.3 Å². The van der Waals surface area contributed by atoms with E-state index < -0.39 is 11.6 Å². The van der Waals surface area contributed by atoms with Crippen LogP contribution >= 0.6 is 0 Å². The van der Waals surface area contributed by atoms with E-state index in [4.69, 9.17) is 0 Å². The first kappa shape index (κ1) is 12.7. The molecule has 0 radical (unpaired) electrons. The van der Waals surface area contributed by atoms with Crippen molar-refractivity contribution >= 4 is 0 Å². The molecule has 0 aliphatic rings. The third-order valence-electron chi connectivity index (χ3n) is 3.62. The van der Waals surface area contributed by atoms with Crippen molar-refractivity contribution in [2.24, 2.45) is 0 Å². The van der Waals surface area contributed by atoms with Crippen LogP contribution in [0.25, 0.3) is 11.1 Å². The largest absolute Gasteiger partial charge is 0.204 e. The maximum absolute atomic E-state index is 13.4. The lowest BCUT2D eigenvalue weighted by atomic mass is 9.92. The van der Waals surface area contributed by atoms with Gasteiger partial charge >= 0.3 is 0 Å². The second-order valence-electron chi connectivity index (χ2n) is 4.76. The molecule has 0 unspecified atom stereocenters. The molecule has 0 amide bonds. The first-order chi connectivity index (χ1) is 8.41. The van der Waals surface area contributed by atoms with Gasteiger partial charge < -0.3 is 0 Å². The zero-order valence-electron chi connectivity index (χ0n) is 11.1. The molecule has 0 bridgehead atoms. The summed E-state index contributed by atoms with van der Waals surface area (Å²) in [7, 11) is 0. The molecule has 0 aromatic heterocycles. The minimum Gasteiger partial charge on any atom is -0.204 e. The maximum Gasteiger partial charge on any atom is 0.159 e. The fraction of sp³-hybridized carbons (Fsp3) is 0.250. The summed E-state index contributed by atoms with van der Waals surface area (Å²) < 4.78 is 26.5. The van der Waals surface area contributed by atoms with Gasteiger partial charge in [0.05, 0.1) is 0 Å². The fourth-order valence-corrected chi connectivity index (χ4v) is 2.18. The highest BCUT2D eigenvalue weighted by Crippen LogP contribution is 2.31. The molecular weight excluding hydrogens is 230 g/mol. The number of aryl methyl sites for hydroxylation is 2. The first-order valence-electron chi connectivity index (χ1n) is 5.94. The van der Waals surface area contributed by atoms with E-state index in [2.05, 4.69) is 0 Å². The molecule has 0 heterocycles. The third kappa shape index (κ3) is 2.03. The highest BCUT2D eigenvalue weighted by molar-refractivity contribution is 5.72. The number of hydrogen-bond acceptors (Lipinski definition) is 0. The van der Waals surface area contributed by atoms with Crippen molar-refractivity contribution in [3.8, 4) is 11.1 Å². The van der Waals surface area contributed by atoms with Gasteiger partial charge in [-0.05, 0) is 73.2 Å². The zero-order chi connectivity index (χ0) is 13.4. The highest BCUT2D eigenvalue weighted by atomic mass is 19.2. The SMILES string of the molecule is Cc1cc(F)c(F)cc1-c1ccc(C)c(C)c1C. The molecule has 0 N–H and O–H groups in total. The average molecular weight is 246 g/mol. The van der Waals surface area contributed by atoms with Gasteiger partial charge in [-0.3, -0.25) is 0 Å². The van der Waals surface area contributed by atoms with E-state index in [0.29, 0.717) is 0 Å². The number of hydrogen-bond donors (Lipinski definition) is 0. The predicted octanol–water partition coefficient (Wildman–Crippen LogP) is 4.87. The Kier molecular flexibility index (Phi) is 3.20. The molecule has 0 aliphatic heterocycles. The van der Waals surface area contributed by atoms with Gasteiger partial charge in [-0.1, -0.05) is 12.1 Å². The Morgan fingerprint density at radius 3 is 1.94 bits per heavy atom. The number of benzene rings is 2. The molecule has 0 spiro atoms. The van der Waals surface area contributed by atoms with Crippen LogP contribution in [-0.4, -0.2) is 0 Å². The Morgan fingerprint density at radius 1 is 0.667 bits per heavy atom. The van der Waals surface area contributed by atoms with Crippen molar-refractivity contribution in [1.82, 2.24) is 0 Å². The molecule has 0 saturated carbocycles. The minimum atomic E-state index is -0.798. The third-order valence-corrected chi connectivity index (χ3v) is 3.62. The van der Waals surface area contributed by atoms with Crippen molar-refractivity contribution < 1.29 is 8.78 Å². The number of halogens is 2. The topological polar surface area (TPSA) is 0 Å². The molecule has 0 fully saturated rings. The predicted molar refractivity (Wildman–Crippen MR) is 70.7 cm³/mol. The number of rotatable bonds is 1. The lowest BCUT2D eigenvalue weighted by Crippen LogP contribution is -1.95. The summed E-state index contributed by atoms with van der Waals surface area (Å²) in [6, 6.07) is 6.51. The Morgan fingerprint density at radius 2 is 1.28 bits per heavy atom. The van der Waals surface area contributed by atoms with Crippen LogP contribution in [0.5, 0.6) is 0 Å². The molecule has 94 valence electrons. The van der Waals surface area contributed by atoms with Crippen molar-refractivity contribution in [2.75, 3.05) is 0 Å². The molecule has 2 rings (SSSR count). The van der Waals surface area contributed by atoms with Crippen LogP contribution in [0.2, 0.25) is 0 Å². The Bertz CT molecular complexity index is 613. The van der Waals surface area contributed by atoms with Crippen molar-refractivity contribution in [2.45, 2.75) is 27.7 Å². The lowest BCUT2D eigenvalue weighted by Gasteiger charge is -2.14. The summed E-state index contributed by atoms with van der Waals surface area (Å²) in [5, 5.41) is 0. The molecular formula is C16H16F2. The Hall–Kier alpha value is -1.70. The molecule has 0 saturated heterocycles. The van der Waals surface area contributed by atoms with Crippen LogP contribution in [0.15, 0.2) is 24.3 Å². The maximum atomic E-state index is 13.4. The van der Waals surface area contributed by atoms with Crippen LogP contribution < -0.4 is 0 Å². The van der Waals surface area contributed by atoms with E-state index >= 15 is 0 Å². The lowest BCUT2D eigenvalue weighted by molar-refractivity contribution is 0.508. The van der Waals surface area contributed by atoms with Gasteiger partial charge in [0.1, 0.15) is 0 Å². The van der Waals surface area contributed by atoms with Crippen molar-refractivity contribution in [1.29, 1.82) is 0 Å². The summed E-state index contributed by atoms with van der Waals surface area (Å²) in [5.74, 6) is -1.59. The van der Waals surface area contributed by atoms with Gasteiger partial charge in [0.2, 0.25) is 0 Å². The van der Waals surface area contributed by atoms with Crippen LogP contribution in [0.1, 0.15) is 22.3 Å². The summed E-state index contributed by atoms with van der Waals surface area (Å²) in [6.07, 6.45) is 0. The molecule has 2 aromatic rings. The molecule has 0 atom stereocenters. The second-order valence-corrected chi connectivity index (χ2v) is 4.76. The van der Waals surface area contributed by atoms with Gasteiger partial charge in [-0.25, -0.2) is 8.78 Å². The molecule has 0 aliphatic carbocycles. The average Bonchev–Trinajstić information content (AvgIpc) is 2.32. The molecule has 2 heteroatoms. The molecule has 0 nitrogen and oxygen atoms in total. The Balaban J connectivity index is 2.70. The Labute approximate surface area is 106 Å². The monoisotopic (exact) mass is 246 g/mol. The standard InChI is InChI=1S/C16H16F2/c1-9-5-6-13(12(4)11(9)3)14-8-16(18)15(17)7-10(14)2/h5-8H,1-4H3. The van der Waals surface area contributed by atoms with Gasteiger partial charge in [0.15, 0.2) is 11.6 Å². The van der Waals surface area contributed by atoms with Gasteiger partial charge in [0, 0.05) is 0 Å². The van der Waals surface area contributed by atoms with E-state index in [1.807, 2.05) is 32.9 Å². The molecule has 18 heavy (non-hydrogen) atoms. The summed E-state index contributed by atoms with van der Waals surface area (Å²) >= 11 is 0. The summed E-state index contributed by atoms with van der Waals surface area (Å²) in [4.78, 5) is 0. The van der Waals surface area contributed by atoms with E-state index in [-0.39, 0.29) is 0 Å². The first-order valence-corrected chi connectivity index (χ1v) is 5.94. The summed E-state index contributed by atoms with van der Waals surface area (Å²) in [6.45, 7) is 7.90. The van der Waals surface area contributed by atoms with Crippen LogP contribution in [0.4, 0.5) is 8.78 Å². The van der Waals surface area contributed by atoms with E-state index in [1.54, 1.807) is 6.92 Å². The van der Waals surface area contributed by atoms with E-state index in [1.165, 1.54) is 23.3 Å².